The second-order valence-corrected chi connectivity index (χ2v) is 20.5. The summed E-state index contributed by atoms with van der Waals surface area (Å²) < 4.78 is 8.85. The molecule has 2 heterocycles. The molecule has 3 heteroatoms. The molecule has 9 rings (SSSR count). The number of fused-ring (bicyclic) bond motifs is 6. The Morgan fingerprint density at radius 2 is 0.906 bits per heavy atom. The zero-order chi connectivity index (χ0) is 36.5. The Hall–Kier alpha value is -5.64. The summed E-state index contributed by atoms with van der Waals surface area (Å²) in [6, 6.07) is 61.4. The van der Waals surface area contributed by atoms with E-state index in [4.69, 9.17) is 4.42 Å². The Bertz CT molecular complexity index is 2680. The molecule has 0 amide bonds. The summed E-state index contributed by atoms with van der Waals surface area (Å²) >= 11 is 0. The summed E-state index contributed by atoms with van der Waals surface area (Å²) in [5.41, 5.74) is 8.26. The summed E-state index contributed by atoms with van der Waals surface area (Å²) in [4.78, 5) is 0. The van der Waals surface area contributed by atoms with Crippen LogP contribution in [0.3, 0.4) is 0 Å². The van der Waals surface area contributed by atoms with Crippen molar-refractivity contribution in [3.63, 3.8) is 0 Å². The highest BCUT2D eigenvalue weighted by atomic mass is 28.3. The van der Waals surface area contributed by atoms with Gasteiger partial charge in [-0.2, -0.15) is 0 Å². The monoisotopic (exact) mass is 703 g/mol. The van der Waals surface area contributed by atoms with Crippen LogP contribution >= 0.6 is 0 Å². The lowest BCUT2D eigenvalue weighted by molar-refractivity contribution is 0.590. The molecule has 0 bridgehead atoms. The molecule has 0 aliphatic heterocycles. The fraction of sp³-hybridized carbons (Fsp3) is 0.160. The van der Waals surface area contributed by atoms with Gasteiger partial charge in [-0.1, -0.05) is 157 Å². The van der Waals surface area contributed by atoms with E-state index in [-0.39, 0.29) is 10.8 Å². The molecule has 0 aliphatic rings. The number of aromatic nitrogens is 1. The lowest BCUT2D eigenvalue weighted by Gasteiger charge is -2.34. The van der Waals surface area contributed by atoms with Crippen molar-refractivity contribution in [3.8, 4) is 5.69 Å². The molecule has 9 aromatic rings. The number of rotatable bonds is 5. The van der Waals surface area contributed by atoms with Gasteiger partial charge in [0.2, 0.25) is 0 Å². The van der Waals surface area contributed by atoms with Crippen LogP contribution < -0.4 is 20.7 Å². The predicted molar refractivity (Wildman–Crippen MR) is 229 cm³/mol. The van der Waals surface area contributed by atoms with Gasteiger partial charge in [0.05, 0.1) is 11.0 Å². The lowest BCUT2D eigenvalue weighted by Crippen LogP contribution is -2.74. The summed E-state index contributed by atoms with van der Waals surface area (Å²) in [7, 11) is -2.88. The van der Waals surface area contributed by atoms with Crippen molar-refractivity contribution in [2.24, 2.45) is 0 Å². The molecule has 0 unspecified atom stereocenters. The van der Waals surface area contributed by atoms with Gasteiger partial charge in [-0.15, -0.1) is 0 Å². The van der Waals surface area contributed by atoms with E-state index in [1.54, 1.807) is 0 Å². The van der Waals surface area contributed by atoms with E-state index in [2.05, 4.69) is 204 Å². The molecule has 0 radical (unpaired) electrons. The maximum absolute atomic E-state index is 6.36. The van der Waals surface area contributed by atoms with Gasteiger partial charge in [0, 0.05) is 27.2 Å². The van der Waals surface area contributed by atoms with Gasteiger partial charge in [0.15, 0.2) is 8.07 Å². The fourth-order valence-corrected chi connectivity index (χ4v) is 13.2. The minimum atomic E-state index is -2.88. The predicted octanol–water partition coefficient (Wildman–Crippen LogP) is 10.7. The maximum Gasteiger partial charge on any atom is 0.179 e. The van der Waals surface area contributed by atoms with E-state index in [9.17, 15) is 0 Å². The first-order valence-corrected chi connectivity index (χ1v) is 20.8. The van der Waals surface area contributed by atoms with Gasteiger partial charge in [-0.05, 0) is 91.2 Å². The quantitative estimate of drug-likeness (QED) is 0.129. The first-order valence-electron chi connectivity index (χ1n) is 18.8. The normalized spacial score (nSPS) is 12.7. The lowest BCUT2D eigenvalue weighted by atomic mass is 9.85. The summed E-state index contributed by atoms with van der Waals surface area (Å²) in [6.07, 6.45) is 0. The number of furan rings is 1. The second-order valence-electron chi connectivity index (χ2n) is 16.6. The Labute approximate surface area is 313 Å². The van der Waals surface area contributed by atoms with Gasteiger partial charge in [0.1, 0.15) is 11.2 Å². The van der Waals surface area contributed by atoms with Crippen molar-refractivity contribution in [2.45, 2.75) is 52.4 Å². The zero-order valence-electron chi connectivity index (χ0n) is 31.4. The highest BCUT2D eigenvalue weighted by Crippen LogP contribution is 2.37. The maximum atomic E-state index is 6.36. The molecule has 0 N–H and O–H groups in total. The number of hydrogen-bond donors (Lipinski definition) is 0. The van der Waals surface area contributed by atoms with Crippen molar-refractivity contribution < 1.29 is 4.42 Å². The average Bonchev–Trinajstić information content (AvgIpc) is 3.70. The molecule has 0 fully saturated rings. The van der Waals surface area contributed by atoms with E-state index < -0.39 is 8.07 Å². The Morgan fingerprint density at radius 1 is 0.396 bits per heavy atom. The minimum absolute atomic E-state index is 0.0438. The molecule has 7 aromatic carbocycles. The number of para-hydroxylation sites is 1. The summed E-state index contributed by atoms with van der Waals surface area (Å²) in [6.45, 7) is 13.8. The molecular formula is C50H45NOSi. The van der Waals surface area contributed by atoms with E-state index in [0.717, 1.165) is 21.9 Å². The Kier molecular flexibility index (Phi) is 7.65. The summed E-state index contributed by atoms with van der Waals surface area (Å²) in [5, 5.41) is 10.3. The largest absolute Gasteiger partial charge is 0.456 e. The first-order chi connectivity index (χ1) is 25.5. The molecule has 0 saturated heterocycles. The fourth-order valence-electron chi connectivity index (χ4n) is 8.45. The van der Waals surface area contributed by atoms with Crippen LogP contribution in [-0.4, -0.2) is 12.6 Å². The van der Waals surface area contributed by atoms with Gasteiger partial charge in [0.25, 0.3) is 0 Å². The van der Waals surface area contributed by atoms with Crippen LogP contribution in [0.4, 0.5) is 0 Å². The Balaban J connectivity index is 1.36. The standard InChI is InChI=1S/C50H45NOSi/c1-49(2,3)34-24-27-45-42(30-34)43-31-35(50(4,5)6)25-28-46(43)51(45)36-16-15-21-39(32-36)53(37-17-9-7-10-18-37,38-19-11-8-12-20-38)40-26-29-48-44(33-40)41-22-13-14-23-47(41)52-48/h7-33H,1-6H3. The van der Waals surface area contributed by atoms with Gasteiger partial charge < -0.3 is 8.98 Å². The number of hydrogen-bond acceptors (Lipinski definition) is 1. The molecule has 260 valence electrons. The van der Waals surface area contributed by atoms with Gasteiger partial charge >= 0.3 is 0 Å². The van der Waals surface area contributed by atoms with Crippen LogP contribution in [0.15, 0.2) is 168 Å². The van der Waals surface area contributed by atoms with Crippen LogP contribution in [0.1, 0.15) is 52.7 Å². The smallest absolute Gasteiger partial charge is 0.179 e. The summed E-state index contributed by atoms with van der Waals surface area (Å²) in [5.74, 6) is 0. The average molecular weight is 704 g/mol. The van der Waals surface area contributed by atoms with Crippen molar-refractivity contribution in [2.75, 3.05) is 0 Å². The SMILES string of the molecule is CC(C)(C)c1ccc2c(c1)c1cc(C(C)(C)C)ccc1n2-c1cccc([Si](c2ccccc2)(c2ccccc2)c2ccc3oc4ccccc4c3c2)c1. The highest BCUT2D eigenvalue weighted by molar-refractivity contribution is 7.20. The molecule has 2 aromatic heterocycles. The molecule has 0 saturated carbocycles. The third-order valence-corrected chi connectivity index (χ3v) is 16.0. The molecule has 0 spiro atoms. The van der Waals surface area contributed by atoms with Crippen LogP contribution in [-0.2, 0) is 10.8 Å². The van der Waals surface area contributed by atoms with Gasteiger partial charge in [-0.3, -0.25) is 0 Å². The van der Waals surface area contributed by atoms with Crippen molar-refractivity contribution >= 4 is 72.6 Å². The minimum Gasteiger partial charge on any atom is -0.456 e. The molecule has 2 nitrogen and oxygen atoms in total. The third-order valence-electron chi connectivity index (χ3n) is 11.3. The van der Waals surface area contributed by atoms with Gasteiger partial charge in [-0.25, -0.2) is 0 Å². The van der Waals surface area contributed by atoms with Crippen LogP contribution in [0, 0.1) is 0 Å². The molecule has 53 heavy (non-hydrogen) atoms. The van der Waals surface area contributed by atoms with E-state index >= 15 is 0 Å². The van der Waals surface area contributed by atoms with E-state index in [1.807, 2.05) is 6.07 Å². The number of nitrogens with zero attached hydrogens (tertiary/aromatic N) is 1. The highest BCUT2D eigenvalue weighted by Gasteiger charge is 2.42. The van der Waals surface area contributed by atoms with Crippen LogP contribution in [0.25, 0.3) is 49.4 Å². The van der Waals surface area contributed by atoms with Crippen molar-refractivity contribution in [1.29, 1.82) is 0 Å². The van der Waals surface area contributed by atoms with Crippen LogP contribution in [0.5, 0.6) is 0 Å². The van der Waals surface area contributed by atoms with E-state index in [1.165, 1.54) is 59.4 Å². The van der Waals surface area contributed by atoms with E-state index in [0.29, 0.717) is 0 Å². The molecule has 0 aliphatic carbocycles. The topological polar surface area (TPSA) is 18.1 Å². The Morgan fingerprint density at radius 3 is 1.49 bits per heavy atom. The zero-order valence-corrected chi connectivity index (χ0v) is 32.4. The van der Waals surface area contributed by atoms with Crippen molar-refractivity contribution in [3.05, 3.63) is 175 Å². The first kappa shape index (κ1) is 33.2. The molecule has 0 atom stereocenters. The third kappa shape index (κ3) is 5.37. The van der Waals surface area contributed by atoms with Crippen molar-refractivity contribution in [1.82, 2.24) is 4.57 Å². The molecular weight excluding hydrogens is 659 g/mol. The van der Waals surface area contributed by atoms with Crippen LogP contribution in [0.2, 0.25) is 0 Å². The second kappa shape index (κ2) is 12.2. The number of benzene rings is 7.